The van der Waals surface area contributed by atoms with E-state index in [2.05, 4.69) is 5.32 Å². The molecule has 0 radical (unpaired) electrons. The van der Waals surface area contributed by atoms with E-state index in [1.165, 1.54) is 11.3 Å². The van der Waals surface area contributed by atoms with Crippen LogP contribution in [-0.4, -0.2) is 18.5 Å². The Morgan fingerprint density at radius 2 is 2.19 bits per heavy atom. The van der Waals surface area contributed by atoms with E-state index in [4.69, 9.17) is 4.74 Å². The smallest absolute Gasteiger partial charge is 0.341 e. The Hall–Kier alpha value is -1.36. The molecule has 88 valence electrons. The van der Waals surface area contributed by atoms with Crippen LogP contribution in [0.4, 0.5) is 5.00 Å². The summed E-state index contributed by atoms with van der Waals surface area (Å²) in [4.78, 5) is 22.9. The Balaban J connectivity index is 2.70. The number of anilines is 1. The molecule has 0 aliphatic heterocycles. The van der Waals surface area contributed by atoms with Gasteiger partial charge in [0.25, 0.3) is 0 Å². The summed E-state index contributed by atoms with van der Waals surface area (Å²) in [6.45, 7) is 4.01. The van der Waals surface area contributed by atoms with Gasteiger partial charge in [-0.3, -0.25) is 4.79 Å². The molecule has 1 rings (SSSR count). The Labute approximate surface area is 98.6 Å². The quantitative estimate of drug-likeness (QED) is 0.806. The van der Waals surface area contributed by atoms with Gasteiger partial charge in [0.2, 0.25) is 5.91 Å². The molecular weight excluding hydrogens is 226 g/mol. The first-order chi connectivity index (χ1) is 7.69. The standard InChI is InChI=1S/C11H15NO3S/c1-3-5-9(13)12-10-8(6-7-16-10)11(14)15-4-2/h6-7H,3-5H2,1-2H3,(H,12,13). The molecule has 1 amide bonds. The molecule has 0 atom stereocenters. The molecule has 0 bridgehead atoms. The predicted octanol–water partition coefficient (Wildman–Crippen LogP) is 2.66. The van der Waals surface area contributed by atoms with Gasteiger partial charge in [0, 0.05) is 6.42 Å². The molecule has 1 aromatic heterocycles. The lowest BCUT2D eigenvalue weighted by Gasteiger charge is -2.05. The third kappa shape index (κ3) is 3.34. The van der Waals surface area contributed by atoms with Gasteiger partial charge < -0.3 is 10.1 Å². The number of carbonyl (C=O) groups excluding carboxylic acids is 2. The molecule has 0 unspecified atom stereocenters. The lowest BCUT2D eigenvalue weighted by molar-refractivity contribution is -0.116. The molecule has 1 aromatic rings. The highest BCUT2D eigenvalue weighted by molar-refractivity contribution is 7.14. The van der Waals surface area contributed by atoms with Gasteiger partial charge >= 0.3 is 5.97 Å². The highest BCUT2D eigenvalue weighted by Crippen LogP contribution is 2.24. The van der Waals surface area contributed by atoms with Crippen molar-refractivity contribution < 1.29 is 14.3 Å². The highest BCUT2D eigenvalue weighted by atomic mass is 32.1. The molecule has 4 nitrogen and oxygen atoms in total. The number of thiophene rings is 1. The molecule has 0 aromatic carbocycles. The van der Waals surface area contributed by atoms with Crippen molar-refractivity contribution in [1.82, 2.24) is 0 Å². The summed E-state index contributed by atoms with van der Waals surface area (Å²) in [5, 5.41) is 5.03. The Bertz CT molecular complexity index is 373. The Morgan fingerprint density at radius 1 is 1.44 bits per heavy atom. The zero-order chi connectivity index (χ0) is 12.0. The van der Waals surface area contributed by atoms with Gasteiger partial charge in [0.1, 0.15) is 5.00 Å². The number of hydrogen-bond donors (Lipinski definition) is 1. The van der Waals surface area contributed by atoms with Crippen LogP contribution in [0.1, 0.15) is 37.0 Å². The van der Waals surface area contributed by atoms with Gasteiger partial charge in [0.05, 0.1) is 12.2 Å². The molecule has 1 N–H and O–H groups in total. The summed E-state index contributed by atoms with van der Waals surface area (Å²) in [6, 6.07) is 1.66. The SMILES string of the molecule is CCCC(=O)Nc1sccc1C(=O)OCC. The highest BCUT2D eigenvalue weighted by Gasteiger charge is 2.15. The Morgan fingerprint density at radius 3 is 2.81 bits per heavy atom. The topological polar surface area (TPSA) is 55.4 Å². The molecule has 0 fully saturated rings. The van der Waals surface area contributed by atoms with Crippen molar-refractivity contribution in [3.63, 3.8) is 0 Å². The summed E-state index contributed by atoms with van der Waals surface area (Å²) in [7, 11) is 0. The van der Waals surface area contributed by atoms with Crippen molar-refractivity contribution in [3.8, 4) is 0 Å². The minimum absolute atomic E-state index is 0.0736. The van der Waals surface area contributed by atoms with Crippen molar-refractivity contribution >= 4 is 28.2 Å². The summed E-state index contributed by atoms with van der Waals surface area (Å²) in [6.07, 6.45) is 1.24. The fourth-order valence-electron chi connectivity index (χ4n) is 1.19. The minimum Gasteiger partial charge on any atom is -0.462 e. The van der Waals surface area contributed by atoms with Crippen LogP contribution in [-0.2, 0) is 9.53 Å². The number of amides is 1. The summed E-state index contributed by atoms with van der Waals surface area (Å²) in [5.74, 6) is -0.467. The molecule has 5 heteroatoms. The monoisotopic (exact) mass is 241 g/mol. The maximum atomic E-state index is 11.5. The summed E-state index contributed by atoms with van der Waals surface area (Å²) >= 11 is 1.33. The second-order valence-corrected chi connectivity index (χ2v) is 4.10. The number of nitrogens with one attached hydrogen (secondary N) is 1. The molecule has 0 saturated heterocycles. The molecule has 16 heavy (non-hydrogen) atoms. The number of carbonyl (C=O) groups is 2. The van der Waals surface area contributed by atoms with E-state index in [1.807, 2.05) is 6.92 Å². The van der Waals surface area contributed by atoms with Crippen molar-refractivity contribution in [2.45, 2.75) is 26.7 Å². The van der Waals surface area contributed by atoms with Crippen LogP contribution in [0.5, 0.6) is 0 Å². The first-order valence-corrected chi connectivity index (χ1v) is 6.11. The van der Waals surface area contributed by atoms with Crippen LogP contribution in [0.15, 0.2) is 11.4 Å². The summed E-state index contributed by atoms with van der Waals surface area (Å²) in [5.41, 5.74) is 0.427. The normalized spacial score (nSPS) is 9.88. The molecule has 0 aliphatic rings. The number of esters is 1. The summed E-state index contributed by atoms with van der Waals surface area (Å²) < 4.78 is 4.88. The van der Waals surface area contributed by atoms with Crippen molar-refractivity contribution in [2.75, 3.05) is 11.9 Å². The van der Waals surface area contributed by atoms with Crippen LogP contribution >= 0.6 is 11.3 Å². The average molecular weight is 241 g/mol. The maximum Gasteiger partial charge on any atom is 0.341 e. The maximum absolute atomic E-state index is 11.5. The van der Waals surface area contributed by atoms with E-state index in [9.17, 15) is 9.59 Å². The van der Waals surface area contributed by atoms with Crippen molar-refractivity contribution in [1.29, 1.82) is 0 Å². The van der Waals surface area contributed by atoms with Crippen LogP contribution in [0.2, 0.25) is 0 Å². The molecule has 0 aliphatic carbocycles. The first-order valence-electron chi connectivity index (χ1n) is 5.23. The second-order valence-electron chi connectivity index (χ2n) is 3.18. The second kappa shape index (κ2) is 6.27. The van der Waals surface area contributed by atoms with E-state index in [-0.39, 0.29) is 5.91 Å². The van der Waals surface area contributed by atoms with Gasteiger partial charge in [-0.05, 0) is 24.8 Å². The number of ether oxygens (including phenoxy) is 1. The van der Waals surface area contributed by atoms with Gasteiger partial charge in [0.15, 0.2) is 0 Å². The van der Waals surface area contributed by atoms with Gasteiger partial charge in [-0.15, -0.1) is 11.3 Å². The van der Waals surface area contributed by atoms with E-state index >= 15 is 0 Å². The average Bonchev–Trinajstić information content (AvgIpc) is 2.66. The molecule has 1 heterocycles. The van der Waals surface area contributed by atoms with Gasteiger partial charge in [-0.25, -0.2) is 4.79 Å². The molecule has 0 spiro atoms. The van der Waals surface area contributed by atoms with Crippen LogP contribution < -0.4 is 5.32 Å². The lowest BCUT2D eigenvalue weighted by atomic mass is 10.3. The van der Waals surface area contributed by atoms with Crippen molar-refractivity contribution in [2.24, 2.45) is 0 Å². The van der Waals surface area contributed by atoms with E-state index in [0.29, 0.717) is 23.6 Å². The van der Waals surface area contributed by atoms with E-state index < -0.39 is 5.97 Å². The van der Waals surface area contributed by atoms with Crippen LogP contribution in [0.3, 0.4) is 0 Å². The number of rotatable bonds is 5. The first kappa shape index (κ1) is 12.7. The third-order valence-corrected chi connectivity index (χ3v) is 2.72. The fraction of sp³-hybridized carbons (Fsp3) is 0.455. The van der Waals surface area contributed by atoms with Crippen LogP contribution in [0.25, 0.3) is 0 Å². The minimum atomic E-state index is -0.393. The lowest BCUT2D eigenvalue weighted by Crippen LogP contribution is -2.13. The van der Waals surface area contributed by atoms with Gasteiger partial charge in [-0.2, -0.15) is 0 Å². The molecule has 0 saturated carbocycles. The van der Waals surface area contributed by atoms with E-state index in [0.717, 1.165) is 6.42 Å². The fourth-order valence-corrected chi connectivity index (χ4v) is 1.98. The van der Waals surface area contributed by atoms with Gasteiger partial charge in [-0.1, -0.05) is 6.92 Å². The van der Waals surface area contributed by atoms with E-state index in [1.54, 1.807) is 18.4 Å². The molecular formula is C11H15NO3S. The predicted molar refractivity (Wildman–Crippen MR) is 63.8 cm³/mol. The van der Waals surface area contributed by atoms with Crippen LogP contribution in [0, 0.1) is 0 Å². The Kier molecular flexibility index (Phi) is 4.98. The zero-order valence-electron chi connectivity index (χ0n) is 9.41. The van der Waals surface area contributed by atoms with Crippen molar-refractivity contribution in [3.05, 3.63) is 17.0 Å². The number of hydrogen-bond acceptors (Lipinski definition) is 4. The zero-order valence-corrected chi connectivity index (χ0v) is 10.2. The third-order valence-electron chi connectivity index (χ3n) is 1.89. The largest absolute Gasteiger partial charge is 0.462 e.